The molecule has 0 heterocycles. The minimum Gasteiger partial charge on any atom is -0.399 e. The van der Waals surface area contributed by atoms with Gasteiger partial charge in [0.05, 0.1) is 0 Å². The molecule has 3 nitrogen and oxygen atoms in total. The highest BCUT2D eigenvalue weighted by Gasteiger charge is 1.97. The van der Waals surface area contributed by atoms with Crippen LogP contribution in [0.25, 0.3) is 0 Å². The van der Waals surface area contributed by atoms with Gasteiger partial charge in [-0.1, -0.05) is 12.1 Å². The smallest absolute Gasteiger partial charge is 0.234 e. The number of nitrogens with one attached hydrogen (secondary N) is 1. The second kappa shape index (κ2) is 5.50. The van der Waals surface area contributed by atoms with E-state index in [2.05, 4.69) is 5.32 Å². The van der Waals surface area contributed by atoms with Gasteiger partial charge in [-0.25, -0.2) is 0 Å². The SMILES string of the molecule is Nc1ccc(CCNC(=O)CCl)cc1. The molecule has 0 spiro atoms. The van der Waals surface area contributed by atoms with E-state index in [0.29, 0.717) is 6.54 Å². The van der Waals surface area contributed by atoms with Crippen LogP contribution in [0.3, 0.4) is 0 Å². The first-order chi connectivity index (χ1) is 6.72. The zero-order valence-corrected chi connectivity index (χ0v) is 8.55. The topological polar surface area (TPSA) is 55.1 Å². The second-order valence-electron chi connectivity index (χ2n) is 2.98. The third kappa shape index (κ3) is 3.66. The standard InChI is InChI=1S/C10H13ClN2O/c11-7-10(14)13-6-5-8-1-3-9(12)4-2-8/h1-4H,5-7,12H2,(H,13,14). The Labute approximate surface area is 88.2 Å². The normalized spacial score (nSPS) is 9.79. The van der Waals surface area contributed by atoms with Crippen molar-refractivity contribution in [3.05, 3.63) is 29.8 Å². The number of nitrogen functional groups attached to an aromatic ring is 1. The largest absolute Gasteiger partial charge is 0.399 e. The monoisotopic (exact) mass is 212 g/mol. The molecule has 4 heteroatoms. The molecule has 0 radical (unpaired) electrons. The number of benzene rings is 1. The molecular formula is C10H13ClN2O. The highest BCUT2D eigenvalue weighted by Crippen LogP contribution is 2.05. The Morgan fingerprint density at radius 1 is 1.36 bits per heavy atom. The number of nitrogens with two attached hydrogens (primary N) is 1. The number of carbonyl (C=O) groups excluding carboxylic acids is 1. The molecule has 1 rings (SSSR count). The Hall–Kier alpha value is -1.22. The number of rotatable bonds is 4. The van der Waals surface area contributed by atoms with E-state index < -0.39 is 0 Å². The molecule has 3 N–H and O–H groups in total. The Morgan fingerprint density at radius 3 is 2.57 bits per heavy atom. The summed E-state index contributed by atoms with van der Waals surface area (Å²) in [5, 5.41) is 2.69. The van der Waals surface area contributed by atoms with Gasteiger partial charge in [0.1, 0.15) is 5.88 Å². The highest BCUT2D eigenvalue weighted by atomic mass is 35.5. The van der Waals surface area contributed by atoms with Gasteiger partial charge in [0.2, 0.25) is 5.91 Å². The molecule has 0 saturated carbocycles. The van der Waals surface area contributed by atoms with Crippen molar-refractivity contribution < 1.29 is 4.79 Å². The summed E-state index contributed by atoms with van der Waals surface area (Å²) in [5.41, 5.74) is 7.43. The lowest BCUT2D eigenvalue weighted by molar-refractivity contribution is -0.118. The summed E-state index contributed by atoms with van der Waals surface area (Å²) in [6, 6.07) is 7.59. The van der Waals surface area contributed by atoms with Crippen molar-refractivity contribution in [1.29, 1.82) is 0 Å². The molecule has 0 saturated heterocycles. The molecule has 1 aromatic carbocycles. The van der Waals surface area contributed by atoms with Crippen LogP contribution in [0.15, 0.2) is 24.3 Å². The molecule has 1 amide bonds. The number of hydrogen-bond donors (Lipinski definition) is 2. The molecule has 0 aliphatic carbocycles. The Morgan fingerprint density at radius 2 is 2.00 bits per heavy atom. The van der Waals surface area contributed by atoms with Gasteiger partial charge in [0.15, 0.2) is 0 Å². The fourth-order valence-electron chi connectivity index (χ4n) is 1.08. The van der Waals surface area contributed by atoms with E-state index in [1.807, 2.05) is 24.3 Å². The van der Waals surface area contributed by atoms with Crippen molar-refractivity contribution in [1.82, 2.24) is 5.32 Å². The number of carbonyl (C=O) groups is 1. The third-order valence-electron chi connectivity index (χ3n) is 1.84. The van der Waals surface area contributed by atoms with Crippen LogP contribution in [-0.4, -0.2) is 18.3 Å². The number of anilines is 1. The molecule has 1 aromatic rings. The van der Waals surface area contributed by atoms with Crippen LogP contribution >= 0.6 is 11.6 Å². The first-order valence-corrected chi connectivity index (χ1v) is 4.93. The minimum atomic E-state index is -0.137. The zero-order chi connectivity index (χ0) is 10.4. The van der Waals surface area contributed by atoms with Gasteiger partial charge in [-0.2, -0.15) is 0 Å². The van der Waals surface area contributed by atoms with E-state index in [-0.39, 0.29) is 11.8 Å². The molecule has 0 fully saturated rings. The quantitative estimate of drug-likeness (QED) is 0.582. The second-order valence-corrected chi connectivity index (χ2v) is 3.24. The maximum Gasteiger partial charge on any atom is 0.234 e. The maximum absolute atomic E-state index is 10.8. The molecule has 0 unspecified atom stereocenters. The first-order valence-electron chi connectivity index (χ1n) is 4.39. The van der Waals surface area contributed by atoms with Crippen LogP contribution in [0.5, 0.6) is 0 Å². The van der Waals surface area contributed by atoms with Gasteiger partial charge in [0, 0.05) is 12.2 Å². The number of amides is 1. The maximum atomic E-state index is 10.8. The molecule has 0 aliphatic heterocycles. The van der Waals surface area contributed by atoms with Crippen molar-refractivity contribution in [2.75, 3.05) is 18.2 Å². The Bertz CT molecular complexity index is 297. The van der Waals surface area contributed by atoms with Crippen molar-refractivity contribution in [2.45, 2.75) is 6.42 Å². The van der Waals surface area contributed by atoms with E-state index >= 15 is 0 Å². The van der Waals surface area contributed by atoms with Gasteiger partial charge >= 0.3 is 0 Å². The molecule has 0 atom stereocenters. The summed E-state index contributed by atoms with van der Waals surface area (Å²) in [6.45, 7) is 0.607. The average Bonchev–Trinajstić information content (AvgIpc) is 2.21. The predicted octanol–water partition coefficient (Wildman–Crippen LogP) is 1.17. The van der Waals surface area contributed by atoms with E-state index in [1.165, 1.54) is 0 Å². The first kappa shape index (κ1) is 10.9. The molecule has 0 aromatic heterocycles. The van der Waals surface area contributed by atoms with Crippen molar-refractivity contribution in [3.63, 3.8) is 0 Å². The third-order valence-corrected chi connectivity index (χ3v) is 2.08. The summed E-state index contributed by atoms with van der Waals surface area (Å²) < 4.78 is 0. The van der Waals surface area contributed by atoms with E-state index in [1.54, 1.807) is 0 Å². The van der Waals surface area contributed by atoms with E-state index in [0.717, 1.165) is 17.7 Å². The van der Waals surface area contributed by atoms with E-state index in [4.69, 9.17) is 17.3 Å². The fraction of sp³-hybridized carbons (Fsp3) is 0.300. The molecule has 14 heavy (non-hydrogen) atoms. The van der Waals surface area contributed by atoms with E-state index in [9.17, 15) is 4.79 Å². The van der Waals surface area contributed by atoms with Crippen LogP contribution in [0, 0.1) is 0 Å². The number of halogens is 1. The summed E-state index contributed by atoms with van der Waals surface area (Å²) in [7, 11) is 0. The zero-order valence-electron chi connectivity index (χ0n) is 7.79. The van der Waals surface area contributed by atoms with Gasteiger partial charge in [0.25, 0.3) is 0 Å². The highest BCUT2D eigenvalue weighted by molar-refractivity contribution is 6.27. The molecule has 76 valence electrons. The summed E-state index contributed by atoms with van der Waals surface area (Å²) in [4.78, 5) is 10.8. The minimum absolute atomic E-state index is 0.0156. The summed E-state index contributed by atoms with van der Waals surface area (Å²) >= 11 is 5.33. The van der Waals surface area contributed by atoms with Crippen molar-refractivity contribution in [2.24, 2.45) is 0 Å². The molecule has 0 aliphatic rings. The lowest BCUT2D eigenvalue weighted by Crippen LogP contribution is -2.26. The van der Waals surface area contributed by atoms with Crippen LogP contribution < -0.4 is 11.1 Å². The number of hydrogen-bond acceptors (Lipinski definition) is 2. The van der Waals surface area contributed by atoms with Gasteiger partial charge in [-0.3, -0.25) is 4.79 Å². The number of alkyl halides is 1. The van der Waals surface area contributed by atoms with Gasteiger partial charge < -0.3 is 11.1 Å². The molecule has 0 bridgehead atoms. The van der Waals surface area contributed by atoms with Crippen LogP contribution in [-0.2, 0) is 11.2 Å². The summed E-state index contributed by atoms with van der Waals surface area (Å²) in [6.07, 6.45) is 0.795. The lowest BCUT2D eigenvalue weighted by atomic mass is 10.1. The van der Waals surface area contributed by atoms with Gasteiger partial charge in [-0.15, -0.1) is 11.6 Å². The van der Waals surface area contributed by atoms with Crippen molar-refractivity contribution in [3.8, 4) is 0 Å². The van der Waals surface area contributed by atoms with Crippen molar-refractivity contribution >= 4 is 23.2 Å². The van der Waals surface area contributed by atoms with Crippen LogP contribution in [0.2, 0.25) is 0 Å². The fourth-order valence-corrected chi connectivity index (χ4v) is 1.17. The lowest BCUT2D eigenvalue weighted by Gasteiger charge is -2.03. The Kier molecular flexibility index (Phi) is 4.26. The Balaban J connectivity index is 2.31. The van der Waals surface area contributed by atoms with Gasteiger partial charge in [-0.05, 0) is 24.1 Å². The van der Waals surface area contributed by atoms with Crippen LogP contribution in [0.4, 0.5) is 5.69 Å². The predicted molar refractivity (Wildman–Crippen MR) is 58.3 cm³/mol. The van der Waals surface area contributed by atoms with Crippen LogP contribution in [0.1, 0.15) is 5.56 Å². The molecular weight excluding hydrogens is 200 g/mol. The summed E-state index contributed by atoms with van der Waals surface area (Å²) in [5.74, 6) is -0.121. The average molecular weight is 213 g/mol.